The normalized spacial score (nSPS) is 12.6. The monoisotopic (exact) mass is 253 g/mol. The summed E-state index contributed by atoms with van der Waals surface area (Å²) in [7, 11) is 2.18. The molecule has 0 radical (unpaired) electrons. The SMILES string of the molecule is C[NH+](Cc1ccccc1)Cc1cnc(Cl)s1. The van der Waals surface area contributed by atoms with Crippen LogP contribution in [0.25, 0.3) is 0 Å². The molecule has 4 heteroatoms. The van der Waals surface area contributed by atoms with Crippen molar-refractivity contribution in [3.63, 3.8) is 0 Å². The van der Waals surface area contributed by atoms with Crippen molar-refractivity contribution in [2.45, 2.75) is 13.1 Å². The third-order valence-corrected chi connectivity index (χ3v) is 3.46. The summed E-state index contributed by atoms with van der Waals surface area (Å²) in [6, 6.07) is 10.5. The number of halogens is 1. The Balaban J connectivity index is 1.92. The predicted molar refractivity (Wildman–Crippen MR) is 67.9 cm³/mol. The van der Waals surface area contributed by atoms with Crippen molar-refractivity contribution in [2.24, 2.45) is 0 Å². The highest BCUT2D eigenvalue weighted by Gasteiger charge is 2.07. The zero-order valence-electron chi connectivity index (χ0n) is 9.11. The van der Waals surface area contributed by atoms with Crippen LogP contribution in [0.2, 0.25) is 4.47 Å². The summed E-state index contributed by atoms with van der Waals surface area (Å²) in [5.74, 6) is 0. The van der Waals surface area contributed by atoms with E-state index in [0.29, 0.717) is 4.47 Å². The molecule has 0 fully saturated rings. The van der Waals surface area contributed by atoms with E-state index in [-0.39, 0.29) is 0 Å². The van der Waals surface area contributed by atoms with E-state index >= 15 is 0 Å². The fourth-order valence-corrected chi connectivity index (χ4v) is 2.76. The Hall–Kier alpha value is -0.900. The van der Waals surface area contributed by atoms with Crippen LogP contribution in [0.15, 0.2) is 36.5 Å². The largest absolute Gasteiger partial charge is 0.329 e. The quantitative estimate of drug-likeness (QED) is 0.882. The van der Waals surface area contributed by atoms with E-state index in [1.54, 1.807) is 11.3 Å². The fourth-order valence-electron chi connectivity index (χ4n) is 1.67. The Morgan fingerprint density at radius 2 is 2.00 bits per heavy atom. The Kier molecular flexibility index (Phi) is 3.93. The maximum absolute atomic E-state index is 5.80. The number of aromatic nitrogens is 1. The van der Waals surface area contributed by atoms with Crippen molar-refractivity contribution in [3.05, 3.63) is 51.4 Å². The molecule has 1 N–H and O–H groups in total. The second kappa shape index (κ2) is 5.43. The zero-order valence-corrected chi connectivity index (χ0v) is 10.7. The van der Waals surface area contributed by atoms with E-state index in [4.69, 9.17) is 11.6 Å². The molecule has 2 aromatic rings. The summed E-state index contributed by atoms with van der Waals surface area (Å²) in [5, 5.41) is 0. The third kappa shape index (κ3) is 3.30. The third-order valence-electron chi connectivity index (χ3n) is 2.35. The fraction of sp³-hybridized carbons (Fsp3) is 0.250. The highest BCUT2D eigenvalue weighted by atomic mass is 35.5. The molecule has 0 aliphatic rings. The molecule has 1 aromatic carbocycles. The van der Waals surface area contributed by atoms with Gasteiger partial charge in [0, 0.05) is 11.8 Å². The van der Waals surface area contributed by atoms with Crippen LogP contribution in [0, 0.1) is 0 Å². The lowest BCUT2D eigenvalue weighted by Gasteiger charge is -2.12. The minimum absolute atomic E-state index is 0.627. The number of benzene rings is 1. The lowest BCUT2D eigenvalue weighted by molar-refractivity contribution is -0.907. The van der Waals surface area contributed by atoms with Crippen molar-refractivity contribution in [1.82, 2.24) is 4.98 Å². The smallest absolute Gasteiger partial charge is 0.183 e. The Bertz CT molecular complexity index is 441. The molecule has 2 rings (SSSR count). The maximum atomic E-state index is 5.80. The molecule has 1 aromatic heterocycles. The van der Waals surface area contributed by atoms with Crippen LogP contribution in [0.5, 0.6) is 0 Å². The first-order valence-corrected chi connectivity index (χ1v) is 6.39. The van der Waals surface area contributed by atoms with Crippen molar-refractivity contribution >= 4 is 22.9 Å². The second-order valence-electron chi connectivity index (χ2n) is 3.88. The molecule has 84 valence electrons. The van der Waals surface area contributed by atoms with E-state index in [1.165, 1.54) is 15.3 Å². The van der Waals surface area contributed by atoms with Crippen LogP contribution >= 0.6 is 22.9 Å². The molecule has 0 saturated carbocycles. The van der Waals surface area contributed by atoms with Gasteiger partial charge in [-0.2, -0.15) is 0 Å². The van der Waals surface area contributed by atoms with Gasteiger partial charge in [0.2, 0.25) is 0 Å². The van der Waals surface area contributed by atoms with E-state index in [2.05, 4.69) is 36.3 Å². The minimum atomic E-state index is 0.627. The van der Waals surface area contributed by atoms with Crippen molar-refractivity contribution in [1.29, 1.82) is 0 Å². The van der Waals surface area contributed by atoms with Crippen LogP contribution in [0.1, 0.15) is 10.4 Å². The molecule has 2 nitrogen and oxygen atoms in total. The van der Waals surface area contributed by atoms with Crippen molar-refractivity contribution in [2.75, 3.05) is 7.05 Å². The van der Waals surface area contributed by atoms with Gasteiger partial charge < -0.3 is 4.90 Å². The van der Waals surface area contributed by atoms with Crippen LogP contribution in [0.3, 0.4) is 0 Å². The molecule has 0 bridgehead atoms. The highest BCUT2D eigenvalue weighted by molar-refractivity contribution is 7.15. The van der Waals surface area contributed by atoms with Gasteiger partial charge in [-0.15, -0.1) is 11.3 Å². The van der Waals surface area contributed by atoms with Gasteiger partial charge in [-0.05, 0) is 0 Å². The van der Waals surface area contributed by atoms with Crippen LogP contribution in [-0.2, 0) is 13.1 Å². The number of thiazole rings is 1. The van der Waals surface area contributed by atoms with Crippen LogP contribution < -0.4 is 4.90 Å². The number of rotatable bonds is 4. The lowest BCUT2D eigenvalue weighted by Crippen LogP contribution is -3.06. The van der Waals surface area contributed by atoms with E-state index in [9.17, 15) is 0 Å². The average Bonchev–Trinajstić information content (AvgIpc) is 2.65. The molecular formula is C12H14ClN2S+. The second-order valence-corrected chi connectivity index (χ2v) is 5.57. The Morgan fingerprint density at radius 1 is 1.25 bits per heavy atom. The summed E-state index contributed by atoms with van der Waals surface area (Å²) < 4.78 is 0.627. The first-order chi connectivity index (χ1) is 7.74. The molecule has 0 aliphatic carbocycles. The van der Waals surface area contributed by atoms with Gasteiger partial charge in [0.1, 0.15) is 13.1 Å². The van der Waals surface area contributed by atoms with Crippen LogP contribution in [0.4, 0.5) is 0 Å². The summed E-state index contributed by atoms with van der Waals surface area (Å²) in [5.41, 5.74) is 1.36. The molecule has 0 spiro atoms. The lowest BCUT2D eigenvalue weighted by atomic mass is 10.2. The van der Waals surface area contributed by atoms with Gasteiger partial charge in [-0.1, -0.05) is 41.9 Å². The van der Waals surface area contributed by atoms with E-state index in [0.717, 1.165) is 13.1 Å². The van der Waals surface area contributed by atoms with Crippen molar-refractivity contribution < 1.29 is 4.90 Å². The summed E-state index contributed by atoms with van der Waals surface area (Å²) >= 11 is 7.36. The number of hydrogen-bond acceptors (Lipinski definition) is 2. The van der Waals surface area contributed by atoms with E-state index in [1.807, 2.05) is 12.3 Å². The molecule has 1 unspecified atom stereocenters. The van der Waals surface area contributed by atoms with Gasteiger partial charge in [0.25, 0.3) is 0 Å². The molecule has 0 aliphatic heterocycles. The summed E-state index contributed by atoms with van der Waals surface area (Å²) in [6.45, 7) is 2.00. The number of nitrogens with one attached hydrogen (secondary N) is 1. The van der Waals surface area contributed by atoms with Gasteiger partial charge in [0.15, 0.2) is 4.47 Å². The zero-order chi connectivity index (χ0) is 11.4. The maximum Gasteiger partial charge on any atom is 0.183 e. The standard InChI is InChI=1S/C12H13ClN2S/c1-15(8-10-5-3-2-4-6-10)9-11-7-14-12(13)16-11/h2-7H,8-9H2,1H3/p+1. The van der Waals surface area contributed by atoms with E-state index < -0.39 is 0 Å². The van der Waals surface area contributed by atoms with Gasteiger partial charge >= 0.3 is 0 Å². The first kappa shape index (κ1) is 11.6. The molecular weight excluding hydrogens is 240 g/mol. The van der Waals surface area contributed by atoms with Gasteiger partial charge in [-0.3, -0.25) is 0 Å². The van der Waals surface area contributed by atoms with Crippen molar-refractivity contribution in [3.8, 4) is 0 Å². The molecule has 0 saturated heterocycles. The number of nitrogens with zero attached hydrogens (tertiary/aromatic N) is 1. The van der Waals surface area contributed by atoms with Gasteiger partial charge in [0.05, 0.1) is 11.9 Å². The predicted octanol–water partition coefficient (Wildman–Crippen LogP) is 2.01. The molecule has 0 amide bonds. The first-order valence-electron chi connectivity index (χ1n) is 5.19. The highest BCUT2D eigenvalue weighted by Crippen LogP contribution is 2.16. The summed E-state index contributed by atoms with van der Waals surface area (Å²) in [6.07, 6.45) is 1.86. The Labute approximate surface area is 105 Å². The molecule has 16 heavy (non-hydrogen) atoms. The number of hydrogen-bond donors (Lipinski definition) is 1. The topological polar surface area (TPSA) is 17.3 Å². The Morgan fingerprint density at radius 3 is 2.62 bits per heavy atom. The molecule has 1 atom stereocenters. The molecule has 1 heterocycles. The van der Waals surface area contributed by atoms with Gasteiger partial charge in [-0.25, -0.2) is 4.98 Å². The summed E-state index contributed by atoms with van der Waals surface area (Å²) in [4.78, 5) is 6.72. The van der Waals surface area contributed by atoms with Crippen LogP contribution in [-0.4, -0.2) is 12.0 Å². The average molecular weight is 254 g/mol. The number of quaternary nitrogens is 1. The minimum Gasteiger partial charge on any atom is -0.329 e.